The van der Waals surface area contributed by atoms with Crippen molar-refractivity contribution in [2.75, 3.05) is 7.11 Å². The number of aliphatic imine (C=N–C) groups is 1. The van der Waals surface area contributed by atoms with Gasteiger partial charge in [-0.3, -0.25) is 4.79 Å². The van der Waals surface area contributed by atoms with Gasteiger partial charge in [-0.1, -0.05) is 49.3 Å². The molecule has 1 aromatic carbocycles. The van der Waals surface area contributed by atoms with Crippen molar-refractivity contribution in [3.05, 3.63) is 57.2 Å². The lowest BCUT2D eigenvalue weighted by Crippen LogP contribution is -2.39. The van der Waals surface area contributed by atoms with Crippen molar-refractivity contribution >= 4 is 40.4 Å². The highest BCUT2D eigenvalue weighted by molar-refractivity contribution is 8.16. The van der Waals surface area contributed by atoms with Crippen LogP contribution in [-0.2, 0) is 14.3 Å². The zero-order chi connectivity index (χ0) is 21.8. The molecular weight excluding hydrogens is 422 g/mol. The summed E-state index contributed by atoms with van der Waals surface area (Å²) in [6.07, 6.45) is 1.66. The second-order valence-corrected chi connectivity index (χ2v) is 8.48. The first-order valence-corrected chi connectivity index (χ1v) is 11.2. The average Bonchev–Trinajstić information content (AvgIpc) is 3.14. The molecule has 0 bridgehead atoms. The van der Waals surface area contributed by atoms with E-state index in [2.05, 4.69) is 5.32 Å². The maximum absolute atomic E-state index is 12.8. The van der Waals surface area contributed by atoms with Crippen LogP contribution in [0.25, 0.3) is 0 Å². The molecule has 0 radical (unpaired) electrons. The molecule has 1 aromatic rings. The summed E-state index contributed by atoms with van der Waals surface area (Å²) < 4.78 is 5.10. The van der Waals surface area contributed by atoms with Crippen LogP contribution in [0.5, 0.6) is 0 Å². The molecule has 2 heterocycles. The molecule has 3 rings (SSSR count). The molecule has 0 saturated carbocycles. The number of rotatable bonds is 7. The standard InChI is InChI=1S/C22H26ClN3O3S/c1-5-13(3)24-18(27)11-16-12-30-22-25-17(6-2)19(21(28)29-4)20(26(16)22)14-7-9-15(23)10-8-14/h7-10,12-13,20H,5-6,11H2,1-4H3,(H,24,27)/t13-,20+/m0/s1. The maximum atomic E-state index is 12.8. The molecule has 6 nitrogen and oxygen atoms in total. The monoisotopic (exact) mass is 447 g/mol. The first kappa shape index (κ1) is 22.4. The van der Waals surface area contributed by atoms with Crippen LogP contribution in [0.15, 0.2) is 51.6 Å². The number of hydrogen-bond acceptors (Lipinski definition) is 6. The van der Waals surface area contributed by atoms with Gasteiger partial charge in [0.1, 0.15) is 0 Å². The van der Waals surface area contributed by atoms with E-state index in [0.717, 1.165) is 22.8 Å². The van der Waals surface area contributed by atoms with Crippen molar-refractivity contribution in [2.24, 2.45) is 4.99 Å². The van der Waals surface area contributed by atoms with Gasteiger partial charge in [-0.05, 0) is 42.9 Å². The van der Waals surface area contributed by atoms with Crippen LogP contribution in [-0.4, -0.2) is 35.1 Å². The van der Waals surface area contributed by atoms with E-state index < -0.39 is 12.0 Å². The molecule has 2 aliphatic heterocycles. The second kappa shape index (κ2) is 9.71. The number of benzene rings is 1. The molecule has 0 aromatic heterocycles. The van der Waals surface area contributed by atoms with Crippen LogP contribution in [0, 0.1) is 0 Å². The molecule has 0 saturated heterocycles. The fraction of sp³-hybridized carbons (Fsp3) is 0.409. The number of amidine groups is 1. The molecule has 2 aliphatic rings. The highest BCUT2D eigenvalue weighted by Crippen LogP contribution is 2.45. The van der Waals surface area contributed by atoms with Gasteiger partial charge >= 0.3 is 5.97 Å². The van der Waals surface area contributed by atoms with Gasteiger partial charge in [0.25, 0.3) is 0 Å². The third kappa shape index (κ3) is 4.57. The van der Waals surface area contributed by atoms with Crippen LogP contribution in [0.4, 0.5) is 0 Å². The van der Waals surface area contributed by atoms with Crippen molar-refractivity contribution in [1.82, 2.24) is 10.2 Å². The van der Waals surface area contributed by atoms with E-state index in [1.807, 2.05) is 43.2 Å². The summed E-state index contributed by atoms with van der Waals surface area (Å²) in [5, 5.41) is 6.31. The van der Waals surface area contributed by atoms with E-state index >= 15 is 0 Å². The topological polar surface area (TPSA) is 71.0 Å². The van der Waals surface area contributed by atoms with Gasteiger partial charge in [0, 0.05) is 16.8 Å². The first-order valence-electron chi connectivity index (χ1n) is 9.99. The highest BCUT2D eigenvalue weighted by atomic mass is 35.5. The molecule has 2 atom stereocenters. The highest BCUT2D eigenvalue weighted by Gasteiger charge is 2.41. The molecule has 0 spiro atoms. The first-order chi connectivity index (χ1) is 14.4. The van der Waals surface area contributed by atoms with Crippen molar-refractivity contribution in [3.63, 3.8) is 0 Å². The third-order valence-corrected chi connectivity index (χ3v) is 6.32. The second-order valence-electron chi connectivity index (χ2n) is 7.20. The lowest BCUT2D eigenvalue weighted by atomic mass is 9.93. The lowest BCUT2D eigenvalue weighted by Gasteiger charge is -2.36. The Labute approximate surface area is 186 Å². The zero-order valence-electron chi connectivity index (χ0n) is 17.6. The number of amides is 1. The fourth-order valence-electron chi connectivity index (χ4n) is 3.47. The number of ether oxygens (including phenoxy) is 1. The molecule has 30 heavy (non-hydrogen) atoms. The summed E-state index contributed by atoms with van der Waals surface area (Å²) >= 11 is 7.56. The number of nitrogens with zero attached hydrogens (tertiary/aromatic N) is 2. The van der Waals surface area contributed by atoms with E-state index in [1.54, 1.807) is 12.1 Å². The summed E-state index contributed by atoms with van der Waals surface area (Å²) in [6.45, 7) is 5.97. The number of carbonyl (C=O) groups excluding carboxylic acids is 2. The van der Waals surface area contributed by atoms with Gasteiger partial charge in [0.15, 0.2) is 5.17 Å². The van der Waals surface area contributed by atoms with E-state index in [-0.39, 0.29) is 18.4 Å². The Morgan fingerprint density at radius 1 is 1.30 bits per heavy atom. The number of carbonyl (C=O) groups is 2. The summed E-state index contributed by atoms with van der Waals surface area (Å²) in [6, 6.07) is 7.05. The number of halogens is 1. The summed E-state index contributed by atoms with van der Waals surface area (Å²) in [7, 11) is 1.37. The lowest BCUT2D eigenvalue weighted by molar-refractivity contribution is -0.136. The predicted octanol–water partition coefficient (Wildman–Crippen LogP) is 4.78. The average molecular weight is 448 g/mol. The van der Waals surface area contributed by atoms with Gasteiger partial charge in [0.05, 0.1) is 30.8 Å². The molecular formula is C22H26ClN3O3S. The van der Waals surface area contributed by atoms with Gasteiger partial charge in [-0.2, -0.15) is 0 Å². The Kier molecular flexibility index (Phi) is 7.26. The Morgan fingerprint density at radius 3 is 2.60 bits per heavy atom. The molecule has 0 fully saturated rings. The zero-order valence-corrected chi connectivity index (χ0v) is 19.1. The minimum absolute atomic E-state index is 0.0582. The molecule has 160 valence electrons. The normalized spacial score (nSPS) is 19.1. The number of nitrogens with one attached hydrogen (secondary N) is 1. The van der Waals surface area contributed by atoms with Crippen molar-refractivity contribution in [2.45, 2.75) is 52.1 Å². The summed E-state index contributed by atoms with van der Waals surface area (Å²) in [4.78, 5) is 32.0. The van der Waals surface area contributed by atoms with Crippen LogP contribution < -0.4 is 5.32 Å². The number of esters is 1. The van der Waals surface area contributed by atoms with Crippen molar-refractivity contribution in [1.29, 1.82) is 0 Å². The Morgan fingerprint density at radius 2 is 2.00 bits per heavy atom. The molecule has 1 amide bonds. The fourth-order valence-corrected chi connectivity index (χ4v) is 4.53. The maximum Gasteiger partial charge on any atom is 0.338 e. The number of methoxy groups -OCH3 is 1. The Bertz CT molecular complexity index is 924. The van der Waals surface area contributed by atoms with Crippen LogP contribution in [0.2, 0.25) is 5.02 Å². The quantitative estimate of drug-likeness (QED) is 0.609. The summed E-state index contributed by atoms with van der Waals surface area (Å²) in [5.41, 5.74) is 2.87. The van der Waals surface area contributed by atoms with Crippen LogP contribution in [0.1, 0.15) is 51.6 Å². The molecule has 1 N–H and O–H groups in total. The van der Waals surface area contributed by atoms with Crippen molar-refractivity contribution in [3.8, 4) is 0 Å². The summed E-state index contributed by atoms with van der Waals surface area (Å²) in [5.74, 6) is -0.480. The van der Waals surface area contributed by atoms with Gasteiger partial charge in [0.2, 0.25) is 5.91 Å². The molecule has 0 unspecified atom stereocenters. The number of thioether (sulfide) groups is 1. The van der Waals surface area contributed by atoms with Crippen molar-refractivity contribution < 1.29 is 14.3 Å². The Balaban J connectivity index is 2.02. The van der Waals surface area contributed by atoms with E-state index in [4.69, 9.17) is 21.3 Å². The number of allylic oxidation sites excluding steroid dienone is 1. The minimum Gasteiger partial charge on any atom is -0.466 e. The molecule has 0 aliphatic carbocycles. The van der Waals surface area contributed by atoms with Crippen LogP contribution >= 0.6 is 23.4 Å². The van der Waals surface area contributed by atoms with E-state index in [0.29, 0.717) is 22.7 Å². The SMILES string of the molecule is CCC1=C(C(=O)OC)[C@@H](c2ccc(Cl)cc2)N2C(CC(=O)N[C@@H](C)CC)=CSC2=N1. The predicted molar refractivity (Wildman–Crippen MR) is 121 cm³/mol. The minimum atomic E-state index is -0.435. The van der Waals surface area contributed by atoms with Gasteiger partial charge in [-0.25, -0.2) is 9.79 Å². The smallest absolute Gasteiger partial charge is 0.338 e. The largest absolute Gasteiger partial charge is 0.466 e. The van der Waals surface area contributed by atoms with Gasteiger partial charge < -0.3 is 15.0 Å². The Hall–Kier alpha value is -2.25. The number of fused-ring (bicyclic) bond motifs is 1. The number of hydrogen-bond donors (Lipinski definition) is 1. The third-order valence-electron chi connectivity index (χ3n) is 5.18. The van der Waals surface area contributed by atoms with E-state index in [1.165, 1.54) is 18.9 Å². The van der Waals surface area contributed by atoms with E-state index in [9.17, 15) is 9.59 Å². The van der Waals surface area contributed by atoms with Gasteiger partial charge in [-0.15, -0.1) is 0 Å². The van der Waals surface area contributed by atoms with Crippen LogP contribution in [0.3, 0.4) is 0 Å². The molecule has 8 heteroatoms.